The van der Waals surface area contributed by atoms with Crippen LogP contribution in [0, 0.1) is 0 Å². The van der Waals surface area contributed by atoms with E-state index in [1.807, 2.05) is 24.3 Å². The molecule has 2 N–H and O–H groups in total. The zero-order valence-corrected chi connectivity index (χ0v) is 18.4. The van der Waals surface area contributed by atoms with Crippen molar-refractivity contribution >= 4 is 28.3 Å². The van der Waals surface area contributed by atoms with Crippen molar-refractivity contribution in [2.24, 2.45) is 0 Å². The number of aromatic nitrogens is 3. The second-order valence-corrected chi connectivity index (χ2v) is 8.81. The zero-order chi connectivity index (χ0) is 22.1. The molecule has 0 bridgehead atoms. The Kier molecular flexibility index (Phi) is 5.62. The van der Waals surface area contributed by atoms with Gasteiger partial charge < -0.3 is 14.4 Å². The van der Waals surface area contributed by atoms with Gasteiger partial charge in [0.1, 0.15) is 17.5 Å². The molecule has 9 nitrogen and oxygen atoms in total. The number of thiazole rings is 1. The molecule has 2 amide bonds. The van der Waals surface area contributed by atoms with Gasteiger partial charge in [0.05, 0.1) is 25.0 Å². The highest BCUT2D eigenvalue weighted by atomic mass is 32.1. The van der Waals surface area contributed by atoms with Crippen molar-refractivity contribution in [2.45, 2.75) is 31.9 Å². The van der Waals surface area contributed by atoms with Crippen molar-refractivity contribution in [3.63, 3.8) is 0 Å². The fourth-order valence-electron chi connectivity index (χ4n) is 3.99. The lowest BCUT2D eigenvalue weighted by Crippen LogP contribution is -2.35. The van der Waals surface area contributed by atoms with Gasteiger partial charge in [-0.05, 0) is 31.0 Å². The van der Waals surface area contributed by atoms with Crippen molar-refractivity contribution in [2.75, 3.05) is 25.6 Å². The van der Waals surface area contributed by atoms with Crippen LogP contribution in [0.15, 0.2) is 30.3 Å². The molecule has 3 aromatic rings. The minimum Gasteiger partial charge on any atom is -0.496 e. The standard InChI is InChI=1S/C22H23N5O4S/c1-30-17-6-3-2-5-13(17)15-11-16(26-25-15)21(29)27-9-8-14-19(12-27)32-22(23-14)24-20(28)18-7-4-10-31-18/h2-3,5-6,11,18H,4,7-10,12H2,1H3,(H,25,26)(H,23,24,28). The van der Waals surface area contributed by atoms with Gasteiger partial charge in [-0.3, -0.25) is 20.0 Å². The average molecular weight is 454 g/mol. The van der Waals surface area contributed by atoms with Gasteiger partial charge in [0.25, 0.3) is 11.8 Å². The van der Waals surface area contributed by atoms with Crippen LogP contribution in [0.2, 0.25) is 0 Å². The molecular formula is C22H23N5O4S. The minimum absolute atomic E-state index is 0.123. The summed E-state index contributed by atoms with van der Waals surface area (Å²) in [6, 6.07) is 9.30. The molecule has 1 aromatic carbocycles. The zero-order valence-electron chi connectivity index (χ0n) is 17.6. The molecular weight excluding hydrogens is 430 g/mol. The van der Waals surface area contributed by atoms with E-state index in [0.29, 0.717) is 48.4 Å². The number of methoxy groups -OCH3 is 1. The van der Waals surface area contributed by atoms with E-state index in [2.05, 4.69) is 20.5 Å². The van der Waals surface area contributed by atoms with Gasteiger partial charge in [0.15, 0.2) is 5.13 Å². The molecule has 32 heavy (non-hydrogen) atoms. The number of nitrogens with zero attached hydrogens (tertiary/aromatic N) is 3. The Morgan fingerprint density at radius 1 is 1.34 bits per heavy atom. The number of hydrogen-bond acceptors (Lipinski definition) is 7. The number of anilines is 1. The average Bonchev–Trinajstić information content (AvgIpc) is 3.58. The van der Waals surface area contributed by atoms with Crippen LogP contribution in [0.5, 0.6) is 5.75 Å². The van der Waals surface area contributed by atoms with Crippen LogP contribution >= 0.6 is 11.3 Å². The van der Waals surface area contributed by atoms with Crippen molar-refractivity contribution in [1.29, 1.82) is 0 Å². The fourth-order valence-corrected chi connectivity index (χ4v) is 5.02. The number of hydrogen-bond donors (Lipinski definition) is 2. The SMILES string of the molecule is COc1ccccc1-c1cc(C(=O)N2CCc3nc(NC(=O)C4CCCO4)sc3C2)[nH]n1. The summed E-state index contributed by atoms with van der Waals surface area (Å²) in [5, 5.41) is 10.6. The third-order valence-corrected chi connectivity index (χ3v) is 6.66. The maximum absolute atomic E-state index is 13.1. The highest BCUT2D eigenvalue weighted by Crippen LogP contribution is 2.31. The summed E-state index contributed by atoms with van der Waals surface area (Å²) in [4.78, 5) is 32.7. The molecule has 166 valence electrons. The van der Waals surface area contributed by atoms with Crippen LogP contribution in [0.25, 0.3) is 11.3 Å². The van der Waals surface area contributed by atoms with Crippen LogP contribution in [0.4, 0.5) is 5.13 Å². The lowest BCUT2D eigenvalue weighted by molar-refractivity contribution is -0.124. The number of rotatable bonds is 5. The van der Waals surface area contributed by atoms with E-state index in [1.165, 1.54) is 11.3 Å². The highest BCUT2D eigenvalue weighted by Gasteiger charge is 2.28. The fraction of sp³-hybridized carbons (Fsp3) is 0.364. The van der Waals surface area contributed by atoms with E-state index in [9.17, 15) is 9.59 Å². The predicted molar refractivity (Wildman–Crippen MR) is 119 cm³/mol. The molecule has 2 aliphatic heterocycles. The van der Waals surface area contributed by atoms with Gasteiger partial charge in [-0.2, -0.15) is 5.10 Å². The van der Waals surface area contributed by atoms with E-state index < -0.39 is 6.10 Å². The highest BCUT2D eigenvalue weighted by molar-refractivity contribution is 7.15. The van der Waals surface area contributed by atoms with Gasteiger partial charge in [-0.1, -0.05) is 23.5 Å². The first-order valence-electron chi connectivity index (χ1n) is 10.5. The number of carbonyl (C=O) groups excluding carboxylic acids is 2. The van der Waals surface area contributed by atoms with Crippen LogP contribution < -0.4 is 10.1 Å². The summed E-state index contributed by atoms with van der Waals surface area (Å²) in [7, 11) is 1.61. The number of benzene rings is 1. The number of amides is 2. The Bertz CT molecular complexity index is 1150. The van der Waals surface area contributed by atoms with Crippen molar-refractivity contribution in [1.82, 2.24) is 20.1 Å². The maximum Gasteiger partial charge on any atom is 0.272 e. The number of ether oxygens (including phenoxy) is 2. The first kappa shape index (κ1) is 20.7. The normalized spacial score (nSPS) is 17.8. The largest absolute Gasteiger partial charge is 0.496 e. The number of aromatic amines is 1. The summed E-state index contributed by atoms with van der Waals surface area (Å²) >= 11 is 1.41. The first-order valence-corrected chi connectivity index (χ1v) is 11.3. The lowest BCUT2D eigenvalue weighted by Gasteiger charge is -2.25. The molecule has 1 atom stereocenters. The smallest absolute Gasteiger partial charge is 0.272 e. The quantitative estimate of drug-likeness (QED) is 0.615. The van der Waals surface area contributed by atoms with Crippen LogP contribution in [-0.4, -0.2) is 58.3 Å². The Labute approximate surface area is 188 Å². The Hall–Kier alpha value is -3.24. The van der Waals surface area contributed by atoms with Gasteiger partial charge in [-0.25, -0.2) is 4.98 Å². The minimum atomic E-state index is -0.396. The van der Waals surface area contributed by atoms with Crippen molar-refractivity contribution in [3.8, 4) is 17.0 Å². The predicted octanol–water partition coefficient (Wildman–Crippen LogP) is 2.86. The molecule has 0 aliphatic carbocycles. The molecule has 10 heteroatoms. The number of H-pyrrole nitrogens is 1. The Morgan fingerprint density at radius 3 is 3.03 bits per heavy atom. The molecule has 5 rings (SSSR count). The number of nitrogens with one attached hydrogen (secondary N) is 2. The third kappa shape index (κ3) is 3.98. The van der Waals surface area contributed by atoms with Crippen LogP contribution in [-0.2, 0) is 22.5 Å². The van der Waals surface area contributed by atoms with E-state index >= 15 is 0 Å². The Morgan fingerprint density at radius 2 is 2.22 bits per heavy atom. The van der Waals surface area contributed by atoms with Gasteiger partial charge in [-0.15, -0.1) is 0 Å². The van der Waals surface area contributed by atoms with Crippen molar-refractivity contribution in [3.05, 3.63) is 46.6 Å². The topological polar surface area (TPSA) is 109 Å². The van der Waals surface area contributed by atoms with E-state index in [1.54, 1.807) is 18.1 Å². The monoisotopic (exact) mass is 453 g/mol. The molecule has 0 radical (unpaired) electrons. The van der Waals surface area contributed by atoms with Crippen LogP contribution in [0.1, 0.15) is 33.9 Å². The number of fused-ring (bicyclic) bond motifs is 1. The maximum atomic E-state index is 13.1. The molecule has 1 saturated heterocycles. The number of carbonyl (C=O) groups is 2. The van der Waals surface area contributed by atoms with E-state index in [0.717, 1.165) is 29.0 Å². The summed E-state index contributed by atoms with van der Waals surface area (Å²) in [6.45, 7) is 1.62. The second kappa shape index (κ2) is 8.71. The van der Waals surface area contributed by atoms with Crippen LogP contribution in [0.3, 0.4) is 0 Å². The summed E-state index contributed by atoms with van der Waals surface area (Å²) in [6.07, 6.45) is 1.88. The molecule has 4 heterocycles. The molecule has 0 spiro atoms. The van der Waals surface area contributed by atoms with E-state index in [-0.39, 0.29) is 11.8 Å². The molecule has 0 saturated carbocycles. The van der Waals surface area contributed by atoms with Gasteiger partial charge in [0.2, 0.25) is 0 Å². The second-order valence-electron chi connectivity index (χ2n) is 7.72. The van der Waals surface area contributed by atoms with Gasteiger partial charge in [0, 0.05) is 30.0 Å². The summed E-state index contributed by atoms with van der Waals surface area (Å²) in [5.74, 6) is 0.424. The molecule has 2 aromatic heterocycles. The molecule has 1 unspecified atom stereocenters. The third-order valence-electron chi connectivity index (χ3n) is 5.66. The summed E-state index contributed by atoms with van der Waals surface area (Å²) < 4.78 is 10.8. The molecule has 2 aliphatic rings. The summed E-state index contributed by atoms with van der Waals surface area (Å²) in [5.41, 5.74) is 2.83. The van der Waals surface area contributed by atoms with Gasteiger partial charge >= 0.3 is 0 Å². The first-order chi connectivity index (χ1) is 15.6. The number of para-hydroxylation sites is 1. The molecule has 1 fully saturated rings. The van der Waals surface area contributed by atoms with E-state index in [4.69, 9.17) is 9.47 Å². The Balaban J connectivity index is 1.28. The van der Waals surface area contributed by atoms with Crippen molar-refractivity contribution < 1.29 is 19.1 Å². The lowest BCUT2D eigenvalue weighted by atomic mass is 10.1.